The summed E-state index contributed by atoms with van der Waals surface area (Å²) in [6.07, 6.45) is 7.43. The van der Waals surface area contributed by atoms with Gasteiger partial charge in [0.05, 0.1) is 0 Å². The van der Waals surface area contributed by atoms with Crippen molar-refractivity contribution in [1.82, 2.24) is 4.90 Å². The Balaban J connectivity index is 1.79. The predicted octanol–water partition coefficient (Wildman–Crippen LogP) is 3.44. The Labute approximate surface area is 115 Å². The number of carbonyl (C=O) groups excluding carboxylic acids is 1. The minimum atomic E-state index is 0.188. The molecule has 3 rings (SSSR count). The molecule has 102 valence electrons. The molecule has 1 atom stereocenters. The maximum atomic E-state index is 12.5. The highest BCUT2D eigenvalue weighted by molar-refractivity contribution is 5.94. The Hall–Kier alpha value is -1.31. The van der Waals surface area contributed by atoms with E-state index in [1.165, 1.54) is 43.2 Å². The maximum absolute atomic E-state index is 12.5. The van der Waals surface area contributed by atoms with Crippen molar-refractivity contribution in [2.75, 3.05) is 7.05 Å². The zero-order chi connectivity index (χ0) is 13.4. The van der Waals surface area contributed by atoms with Gasteiger partial charge in [-0.25, -0.2) is 0 Å². The van der Waals surface area contributed by atoms with E-state index in [0.717, 1.165) is 17.9 Å². The van der Waals surface area contributed by atoms with Crippen LogP contribution in [0.15, 0.2) is 18.2 Å². The lowest BCUT2D eigenvalue weighted by atomic mass is 9.90. The normalized spacial score (nSPS) is 19.7. The fourth-order valence-electron chi connectivity index (χ4n) is 3.15. The van der Waals surface area contributed by atoms with E-state index in [-0.39, 0.29) is 5.91 Å². The molecule has 0 spiro atoms. The van der Waals surface area contributed by atoms with Gasteiger partial charge in [-0.2, -0.15) is 0 Å². The van der Waals surface area contributed by atoms with Crippen molar-refractivity contribution < 1.29 is 4.79 Å². The van der Waals surface area contributed by atoms with Crippen LogP contribution in [0.1, 0.15) is 54.1 Å². The van der Waals surface area contributed by atoms with Gasteiger partial charge in [-0.3, -0.25) is 4.79 Å². The van der Waals surface area contributed by atoms with Gasteiger partial charge in [0.2, 0.25) is 0 Å². The Morgan fingerprint density at radius 1 is 1.21 bits per heavy atom. The third-order valence-electron chi connectivity index (χ3n) is 4.83. The summed E-state index contributed by atoms with van der Waals surface area (Å²) < 4.78 is 0. The molecule has 0 bridgehead atoms. The van der Waals surface area contributed by atoms with Crippen molar-refractivity contribution in [3.63, 3.8) is 0 Å². The third-order valence-corrected chi connectivity index (χ3v) is 4.83. The lowest BCUT2D eigenvalue weighted by Gasteiger charge is -2.25. The molecule has 1 unspecified atom stereocenters. The lowest BCUT2D eigenvalue weighted by Crippen LogP contribution is -2.36. The number of hydrogen-bond acceptors (Lipinski definition) is 1. The first kappa shape index (κ1) is 12.7. The summed E-state index contributed by atoms with van der Waals surface area (Å²) >= 11 is 0. The molecule has 0 saturated heterocycles. The van der Waals surface area contributed by atoms with Crippen molar-refractivity contribution in [2.45, 2.75) is 51.5 Å². The van der Waals surface area contributed by atoms with E-state index in [4.69, 9.17) is 0 Å². The number of hydrogen-bond donors (Lipinski definition) is 0. The van der Waals surface area contributed by atoms with Crippen LogP contribution in [-0.2, 0) is 12.8 Å². The van der Waals surface area contributed by atoms with Crippen LogP contribution in [0.25, 0.3) is 0 Å². The van der Waals surface area contributed by atoms with Gasteiger partial charge in [-0.1, -0.05) is 6.07 Å². The van der Waals surface area contributed by atoms with Gasteiger partial charge in [-0.05, 0) is 74.6 Å². The van der Waals surface area contributed by atoms with Gasteiger partial charge >= 0.3 is 0 Å². The summed E-state index contributed by atoms with van der Waals surface area (Å²) in [5.41, 5.74) is 3.71. The van der Waals surface area contributed by atoms with Crippen LogP contribution in [-0.4, -0.2) is 23.9 Å². The minimum absolute atomic E-state index is 0.188. The molecule has 2 heteroatoms. The quantitative estimate of drug-likeness (QED) is 0.812. The molecule has 1 fully saturated rings. The Kier molecular flexibility index (Phi) is 3.34. The first-order valence-corrected chi connectivity index (χ1v) is 7.56. The standard InChI is InChI=1S/C17H23NO/c1-12(13-7-8-13)18(2)17(19)16-10-9-14-5-3-4-6-15(14)11-16/h9-13H,3-8H2,1-2H3. The van der Waals surface area contributed by atoms with Gasteiger partial charge in [0.25, 0.3) is 5.91 Å². The number of fused-ring (bicyclic) bond motifs is 1. The molecular weight excluding hydrogens is 234 g/mol. The van der Waals surface area contributed by atoms with Crippen LogP contribution in [0.2, 0.25) is 0 Å². The average molecular weight is 257 g/mol. The second-order valence-corrected chi connectivity index (χ2v) is 6.18. The Morgan fingerprint density at radius 3 is 2.58 bits per heavy atom. The van der Waals surface area contributed by atoms with Crippen LogP contribution in [0.5, 0.6) is 0 Å². The molecule has 0 aliphatic heterocycles. The summed E-state index contributed by atoms with van der Waals surface area (Å²) in [7, 11) is 1.95. The molecular formula is C17H23NO. The zero-order valence-corrected chi connectivity index (χ0v) is 12.0. The molecule has 0 N–H and O–H groups in total. The van der Waals surface area contributed by atoms with E-state index >= 15 is 0 Å². The highest BCUT2D eigenvalue weighted by Gasteiger charge is 2.32. The number of nitrogens with zero attached hydrogens (tertiary/aromatic N) is 1. The molecule has 2 aliphatic rings. The number of rotatable bonds is 3. The fraction of sp³-hybridized carbons (Fsp3) is 0.588. The topological polar surface area (TPSA) is 20.3 Å². The smallest absolute Gasteiger partial charge is 0.253 e. The molecule has 2 nitrogen and oxygen atoms in total. The first-order chi connectivity index (χ1) is 9.16. The molecule has 1 amide bonds. The van der Waals surface area contributed by atoms with Crippen molar-refractivity contribution in [3.8, 4) is 0 Å². The monoisotopic (exact) mass is 257 g/mol. The molecule has 1 saturated carbocycles. The average Bonchev–Trinajstić information content (AvgIpc) is 3.29. The Bertz CT molecular complexity index is 490. The molecule has 0 radical (unpaired) electrons. The van der Waals surface area contributed by atoms with Gasteiger partial charge in [-0.15, -0.1) is 0 Å². The second-order valence-electron chi connectivity index (χ2n) is 6.18. The van der Waals surface area contributed by atoms with Crippen LogP contribution in [0.3, 0.4) is 0 Å². The summed E-state index contributed by atoms with van der Waals surface area (Å²) in [6.45, 7) is 2.17. The van der Waals surface area contributed by atoms with E-state index in [1.54, 1.807) is 0 Å². The van der Waals surface area contributed by atoms with Gasteiger partial charge in [0, 0.05) is 18.7 Å². The lowest BCUT2D eigenvalue weighted by molar-refractivity contribution is 0.0727. The Morgan fingerprint density at radius 2 is 1.89 bits per heavy atom. The van der Waals surface area contributed by atoms with E-state index in [0.29, 0.717) is 6.04 Å². The van der Waals surface area contributed by atoms with Crippen molar-refractivity contribution in [1.29, 1.82) is 0 Å². The van der Waals surface area contributed by atoms with Crippen LogP contribution < -0.4 is 0 Å². The number of benzene rings is 1. The SMILES string of the molecule is CC(C1CC1)N(C)C(=O)c1ccc2c(c1)CCCC2. The van der Waals surface area contributed by atoms with E-state index in [1.807, 2.05) is 18.0 Å². The second kappa shape index (κ2) is 4.99. The highest BCUT2D eigenvalue weighted by Crippen LogP contribution is 2.35. The first-order valence-electron chi connectivity index (χ1n) is 7.56. The largest absolute Gasteiger partial charge is 0.339 e. The molecule has 2 aliphatic carbocycles. The number of aryl methyl sites for hydroxylation is 2. The van der Waals surface area contributed by atoms with E-state index in [2.05, 4.69) is 19.1 Å². The van der Waals surface area contributed by atoms with Crippen molar-refractivity contribution in [3.05, 3.63) is 34.9 Å². The van der Waals surface area contributed by atoms with Crippen LogP contribution in [0.4, 0.5) is 0 Å². The fourth-order valence-corrected chi connectivity index (χ4v) is 3.15. The van der Waals surface area contributed by atoms with Crippen LogP contribution in [0, 0.1) is 5.92 Å². The molecule has 19 heavy (non-hydrogen) atoms. The van der Waals surface area contributed by atoms with Crippen molar-refractivity contribution in [2.24, 2.45) is 5.92 Å². The van der Waals surface area contributed by atoms with Gasteiger partial charge in [0.1, 0.15) is 0 Å². The molecule has 0 heterocycles. The maximum Gasteiger partial charge on any atom is 0.253 e. The predicted molar refractivity (Wildman–Crippen MR) is 77.4 cm³/mol. The summed E-state index contributed by atoms with van der Waals surface area (Å²) in [4.78, 5) is 14.5. The van der Waals surface area contributed by atoms with Gasteiger partial charge in [0.15, 0.2) is 0 Å². The zero-order valence-electron chi connectivity index (χ0n) is 12.0. The third kappa shape index (κ3) is 2.54. The molecule has 1 aromatic rings. The van der Waals surface area contributed by atoms with Crippen LogP contribution >= 0.6 is 0 Å². The van der Waals surface area contributed by atoms with E-state index in [9.17, 15) is 4.79 Å². The molecule has 1 aromatic carbocycles. The van der Waals surface area contributed by atoms with Crippen molar-refractivity contribution >= 4 is 5.91 Å². The summed E-state index contributed by atoms with van der Waals surface area (Å²) in [6, 6.07) is 6.69. The van der Waals surface area contributed by atoms with Gasteiger partial charge < -0.3 is 4.90 Å². The summed E-state index contributed by atoms with van der Waals surface area (Å²) in [5, 5.41) is 0. The molecule has 0 aromatic heterocycles. The number of carbonyl (C=O) groups is 1. The summed E-state index contributed by atoms with van der Waals surface area (Å²) in [5.74, 6) is 0.916. The van der Waals surface area contributed by atoms with E-state index < -0.39 is 0 Å². The minimum Gasteiger partial charge on any atom is -0.339 e. The highest BCUT2D eigenvalue weighted by atomic mass is 16.2. The number of amides is 1.